The number of halogens is 3. The zero-order valence-electron chi connectivity index (χ0n) is 6.51. The number of allylic oxidation sites excluding steroid dienone is 1. The highest BCUT2D eigenvalue weighted by Crippen LogP contribution is 2.15. The van der Waals surface area contributed by atoms with E-state index in [4.69, 9.17) is 34.8 Å². The van der Waals surface area contributed by atoms with Crippen molar-refractivity contribution in [2.24, 2.45) is 4.99 Å². The normalized spacial score (nSPS) is 13.9. The maximum absolute atomic E-state index is 10.2. The number of nitrogens with zero attached hydrogens (tertiary/aromatic N) is 2. The molecule has 0 spiro atoms. The summed E-state index contributed by atoms with van der Waals surface area (Å²) in [5, 5.41) is 0.347. The number of carbonyl (C=O) groups excluding carboxylic acids is 1. The number of hydrogen-bond donors (Lipinski definition) is 0. The average molecular weight is 229 g/mol. The van der Waals surface area contributed by atoms with Gasteiger partial charge in [-0.05, 0) is 18.5 Å². The van der Waals surface area contributed by atoms with Gasteiger partial charge in [-0.1, -0.05) is 23.2 Å². The number of aliphatic imine (C=N–C) groups is 1. The van der Waals surface area contributed by atoms with Crippen molar-refractivity contribution in [3.05, 3.63) is 10.2 Å². The first-order valence-electron chi connectivity index (χ1n) is 2.93. The molecule has 0 aromatic rings. The number of rotatable bonds is 2. The minimum absolute atomic E-state index is 0.0324. The number of amidine groups is 1. The van der Waals surface area contributed by atoms with Gasteiger partial charge in [0.1, 0.15) is 5.16 Å². The van der Waals surface area contributed by atoms with E-state index in [1.165, 1.54) is 7.05 Å². The average Bonchev–Trinajstić information content (AvgIpc) is 2.02. The lowest BCUT2D eigenvalue weighted by Gasteiger charge is -2.05. The highest BCUT2D eigenvalue weighted by molar-refractivity contribution is 6.65. The van der Waals surface area contributed by atoms with Gasteiger partial charge < -0.3 is 0 Å². The maximum Gasteiger partial charge on any atom is 0.215 e. The van der Waals surface area contributed by atoms with Crippen molar-refractivity contribution in [3.8, 4) is 0 Å². The third kappa shape index (κ3) is 3.95. The molecule has 0 aliphatic rings. The van der Waals surface area contributed by atoms with Gasteiger partial charge in [0.15, 0.2) is 0 Å². The lowest BCUT2D eigenvalue weighted by atomic mass is 10.7. The second-order valence-electron chi connectivity index (χ2n) is 1.92. The lowest BCUT2D eigenvalue weighted by Crippen LogP contribution is -2.19. The van der Waals surface area contributed by atoms with Crippen LogP contribution >= 0.6 is 34.8 Å². The molecule has 0 saturated heterocycles. The molecule has 6 heteroatoms. The van der Waals surface area contributed by atoms with Gasteiger partial charge in [0, 0.05) is 7.05 Å². The van der Waals surface area contributed by atoms with Gasteiger partial charge in [0.25, 0.3) is 0 Å². The SMILES string of the molecule is C/C(Cl)=C(Cl)\N=C(\Cl)N(C)C=O. The molecule has 1 amide bonds. The van der Waals surface area contributed by atoms with Crippen LogP contribution in [0.1, 0.15) is 6.92 Å². The third-order valence-corrected chi connectivity index (χ3v) is 1.92. The van der Waals surface area contributed by atoms with Gasteiger partial charge in [-0.2, -0.15) is 0 Å². The van der Waals surface area contributed by atoms with E-state index < -0.39 is 0 Å². The van der Waals surface area contributed by atoms with Gasteiger partial charge >= 0.3 is 0 Å². The molecule has 0 fully saturated rings. The summed E-state index contributed by atoms with van der Waals surface area (Å²) in [7, 11) is 1.45. The Morgan fingerprint density at radius 1 is 1.42 bits per heavy atom. The minimum Gasteiger partial charge on any atom is -0.293 e. The Hall–Kier alpha value is -0.250. The van der Waals surface area contributed by atoms with Crippen LogP contribution < -0.4 is 0 Å². The molecule has 3 nitrogen and oxygen atoms in total. The van der Waals surface area contributed by atoms with Crippen molar-refractivity contribution in [2.75, 3.05) is 7.05 Å². The van der Waals surface area contributed by atoms with Crippen LogP contribution in [-0.2, 0) is 4.79 Å². The van der Waals surface area contributed by atoms with E-state index in [1.54, 1.807) is 6.92 Å². The van der Waals surface area contributed by atoms with E-state index in [0.717, 1.165) is 4.90 Å². The first-order chi connectivity index (χ1) is 5.49. The molecule has 0 aliphatic carbocycles. The first kappa shape index (κ1) is 11.8. The van der Waals surface area contributed by atoms with Crippen molar-refractivity contribution >= 4 is 46.5 Å². The fraction of sp³-hybridized carbons (Fsp3) is 0.333. The predicted molar refractivity (Wildman–Crippen MR) is 51.5 cm³/mol. The van der Waals surface area contributed by atoms with E-state index in [1.807, 2.05) is 0 Å². The standard InChI is InChI=1S/C6H7Cl3N2O/c1-4(7)5(8)10-6(9)11(2)3-12/h3H,1-2H3/b5-4+,10-6-. The molecule has 68 valence electrons. The van der Waals surface area contributed by atoms with Crippen LogP contribution in [0.2, 0.25) is 0 Å². The fourth-order valence-electron chi connectivity index (χ4n) is 0.280. The van der Waals surface area contributed by atoms with Crippen LogP contribution in [0.4, 0.5) is 0 Å². The van der Waals surface area contributed by atoms with Crippen LogP contribution in [0, 0.1) is 0 Å². The molecule has 0 aromatic heterocycles. The maximum atomic E-state index is 10.2. The minimum atomic E-state index is -0.0324. The highest BCUT2D eigenvalue weighted by Gasteiger charge is 2.02. The first-order valence-corrected chi connectivity index (χ1v) is 4.06. The van der Waals surface area contributed by atoms with E-state index in [0.29, 0.717) is 11.4 Å². The summed E-state index contributed by atoms with van der Waals surface area (Å²) < 4.78 is 0. The third-order valence-electron chi connectivity index (χ3n) is 0.924. The highest BCUT2D eigenvalue weighted by atomic mass is 35.5. The summed E-state index contributed by atoms with van der Waals surface area (Å²) in [5.41, 5.74) is 0. The Bertz CT molecular complexity index is 233. The van der Waals surface area contributed by atoms with E-state index >= 15 is 0 Å². The Morgan fingerprint density at radius 2 is 1.92 bits per heavy atom. The molecule has 0 bridgehead atoms. The van der Waals surface area contributed by atoms with Gasteiger partial charge in [0.2, 0.25) is 11.7 Å². The summed E-state index contributed by atoms with van der Waals surface area (Å²) in [4.78, 5) is 14.9. The summed E-state index contributed by atoms with van der Waals surface area (Å²) in [5.74, 6) is 0. The van der Waals surface area contributed by atoms with E-state index in [-0.39, 0.29) is 10.5 Å². The Kier molecular flexibility index (Phi) is 5.29. The molecule has 0 atom stereocenters. The summed E-state index contributed by atoms with van der Waals surface area (Å²) in [6.45, 7) is 1.57. The van der Waals surface area contributed by atoms with Crippen molar-refractivity contribution in [1.29, 1.82) is 0 Å². The largest absolute Gasteiger partial charge is 0.293 e. The van der Waals surface area contributed by atoms with Gasteiger partial charge in [-0.25, -0.2) is 4.99 Å². The van der Waals surface area contributed by atoms with Gasteiger partial charge in [-0.15, -0.1) is 0 Å². The molecule has 0 radical (unpaired) electrons. The summed E-state index contributed by atoms with van der Waals surface area (Å²) in [6.07, 6.45) is 0.513. The van der Waals surface area contributed by atoms with E-state index in [9.17, 15) is 4.79 Å². The Balaban J connectivity index is 4.57. The molecule has 0 heterocycles. The number of carbonyl (C=O) groups is 1. The smallest absolute Gasteiger partial charge is 0.215 e. The van der Waals surface area contributed by atoms with Gasteiger partial charge in [-0.3, -0.25) is 9.69 Å². The van der Waals surface area contributed by atoms with Gasteiger partial charge in [0.05, 0.1) is 5.03 Å². The fourth-order valence-corrected chi connectivity index (χ4v) is 0.570. The molecular weight excluding hydrogens is 222 g/mol. The molecule has 0 aromatic carbocycles. The second kappa shape index (κ2) is 5.41. The predicted octanol–water partition coefficient (Wildman–Crippen LogP) is 2.34. The van der Waals surface area contributed by atoms with Crippen LogP contribution in [0.3, 0.4) is 0 Å². The molecule has 0 N–H and O–H groups in total. The van der Waals surface area contributed by atoms with Crippen molar-refractivity contribution in [2.45, 2.75) is 6.92 Å². The topological polar surface area (TPSA) is 32.7 Å². The van der Waals surface area contributed by atoms with Crippen LogP contribution in [-0.4, -0.2) is 23.7 Å². The summed E-state index contributed by atoms with van der Waals surface area (Å²) >= 11 is 16.6. The molecular formula is C6H7Cl3N2O. The van der Waals surface area contributed by atoms with Crippen LogP contribution in [0.15, 0.2) is 15.2 Å². The second-order valence-corrected chi connectivity index (χ2v) is 3.18. The number of amides is 1. The zero-order chi connectivity index (χ0) is 9.72. The van der Waals surface area contributed by atoms with Crippen LogP contribution in [0.5, 0.6) is 0 Å². The zero-order valence-corrected chi connectivity index (χ0v) is 8.78. The molecule has 0 aliphatic heterocycles. The quantitative estimate of drug-likeness (QED) is 0.310. The van der Waals surface area contributed by atoms with Crippen molar-refractivity contribution < 1.29 is 4.79 Å². The molecule has 0 saturated carbocycles. The van der Waals surface area contributed by atoms with Crippen LogP contribution in [0.25, 0.3) is 0 Å². The van der Waals surface area contributed by atoms with E-state index in [2.05, 4.69) is 4.99 Å². The molecule has 0 rings (SSSR count). The Morgan fingerprint density at radius 3 is 2.25 bits per heavy atom. The molecule has 0 unspecified atom stereocenters. The van der Waals surface area contributed by atoms with Crippen molar-refractivity contribution in [1.82, 2.24) is 4.90 Å². The van der Waals surface area contributed by atoms with Crippen molar-refractivity contribution in [3.63, 3.8) is 0 Å². The Labute approximate surface area is 85.6 Å². The number of hydrogen-bond acceptors (Lipinski definition) is 2. The molecule has 12 heavy (non-hydrogen) atoms. The lowest BCUT2D eigenvalue weighted by molar-refractivity contribution is -0.113. The monoisotopic (exact) mass is 228 g/mol. The summed E-state index contributed by atoms with van der Waals surface area (Å²) in [6, 6.07) is 0.